The third-order valence-electron chi connectivity index (χ3n) is 3.03. The van der Waals surface area contributed by atoms with Crippen molar-refractivity contribution in [2.24, 2.45) is 0 Å². The normalized spacial score (nSPS) is 12.1. The summed E-state index contributed by atoms with van der Waals surface area (Å²) >= 11 is 5.61. The summed E-state index contributed by atoms with van der Waals surface area (Å²) in [5.74, 6) is 0. The van der Waals surface area contributed by atoms with Gasteiger partial charge in [0.05, 0.1) is 0 Å². The molecule has 0 aromatic heterocycles. The molecule has 0 spiro atoms. The van der Waals surface area contributed by atoms with Crippen molar-refractivity contribution < 1.29 is 4.79 Å². The summed E-state index contributed by atoms with van der Waals surface area (Å²) in [6.07, 6.45) is 0.892. The van der Waals surface area contributed by atoms with Crippen LogP contribution in [0.1, 0.15) is 21.5 Å². The Kier molecular flexibility index (Phi) is 2.08. The molecular weight excluding hydrogens is 220 g/mol. The van der Waals surface area contributed by atoms with Gasteiger partial charge in [-0.15, -0.1) is 0 Å². The lowest BCUT2D eigenvalue weighted by atomic mass is 10.0. The van der Waals surface area contributed by atoms with E-state index in [1.165, 1.54) is 11.1 Å². The molecule has 16 heavy (non-hydrogen) atoms. The zero-order valence-corrected chi connectivity index (χ0v) is 9.29. The standard InChI is InChI=1S/C14H9ClO/c15-14(16)12-7-3-5-10-8-9-4-1-2-6-11(9)13(10)12/h1-7H,8H2. The fourth-order valence-electron chi connectivity index (χ4n) is 2.35. The summed E-state index contributed by atoms with van der Waals surface area (Å²) < 4.78 is 0. The van der Waals surface area contributed by atoms with Gasteiger partial charge in [0.1, 0.15) is 0 Å². The summed E-state index contributed by atoms with van der Waals surface area (Å²) in [5.41, 5.74) is 5.22. The molecule has 0 aliphatic heterocycles. The van der Waals surface area contributed by atoms with Crippen molar-refractivity contribution in [1.82, 2.24) is 0 Å². The molecule has 0 fully saturated rings. The van der Waals surface area contributed by atoms with E-state index in [-0.39, 0.29) is 5.24 Å². The van der Waals surface area contributed by atoms with E-state index in [0.29, 0.717) is 5.56 Å². The van der Waals surface area contributed by atoms with Crippen LogP contribution in [-0.4, -0.2) is 5.24 Å². The molecule has 0 amide bonds. The Morgan fingerprint density at radius 2 is 1.75 bits per heavy atom. The maximum Gasteiger partial charge on any atom is 0.253 e. The Morgan fingerprint density at radius 3 is 2.56 bits per heavy atom. The molecule has 1 aliphatic carbocycles. The molecule has 3 rings (SSSR count). The minimum atomic E-state index is -0.381. The van der Waals surface area contributed by atoms with Crippen LogP contribution in [0.2, 0.25) is 0 Å². The lowest BCUT2D eigenvalue weighted by molar-refractivity contribution is 0.108. The SMILES string of the molecule is O=C(Cl)c1cccc2c1-c1ccccc1C2. The second-order valence-electron chi connectivity index (χ2n) is 3.95. The van der Waals surface area contributed by atoms with Crippen LogP contribution in [0.4, 0.5) is 0 Å². The highest BCUT2D eigenvalue weighted by molar-refractivity contribution is 6.68. The van der Waals surface area contributed by atoms with Crippen LogP contribution >= 0.6 is 11.6 Å². The van der Waals surface area contributed by atoms with Gasteiger partial charge in [0.2, 0.25) is 0 Å². The molecule has 0 saturated carbocycles. The van der Waals surface area contributed by atoms with E-state index in [2.05, 4.69) is 12.1 Å². The van der Waals surface area contributed by atoms with Crippen LogP contribution in [0.3, 0.4) is 0 Å². The van der Waals surface area contributed by atoms with E-state index in [4.69, 9.17) is 11.6 Å². The van der Waals surface area contributed by atoms with E-state index in [9.17, 15) is 4.79 Å². The Morgan fingerprint density at radius 1 is 1.00 bits per heavy atom. The van der Waals surface area contributed by atoms with Gasteiger partial charge >= 0.3 is 0 Å². The van der Waals surface area contributed by atoms with Crippen molar-refractivity contribution in [1.29, 1.82) is 0 Å². The van der Waals surface area contributed by atoms with E-state index < -0.39 is 0 Å². The molecule has 0 atom stereocenters. The van der Waals surface area contributed by atoms with Gasteiger partial charge in [-0.25, -0.2) is 0 Å². The highest BCUT2D eigenvalue weighted by Gasteiger charge is 2.22. The van der Waals surface area contributed by atoms with Gasteiger partial charge < -0.3 is 0 Å². The fourth-order valence-corrected chi connectivity index (χ4v) is 2.51. The molecule has 0 heterocycles. The second-order valence-corrected chi connectivity index (χ2v) is 4.29. The lowest BCUT2D eigenvalue weighted by Crippen LogP contribution is -1.93. The third kappa shape index (κ3) is 1.29. The van der Waals surface area contributed by atoms with Gasteiger partial charge in [-0.2, -0.15) is 0 Å². The van der Waals surface area contributed by atoms with E-state index in [0.717, 1.165) is 17.5 Å². The van der Waals surface area contributed by atoms with Gasteiger partial charge in [0, 0.05) is 5.56 Å². The number of rotatable bonds is 1. The number of hydrogen-bond acceptors (Lipinski definition) is 1. The number of hydrogen-bond donors (Lipinski definition) is 0. The number of fused-ring (bicyclic) bond motifs is 3. The summed E-state index contributed by atoms with van der Waals surface area (Å²) in [5, 5.41) is -0.381. The molecule has 0 radical (unpaired) electrons. The topological polar surface area (TPSA) is 17.1 Å². The van der Waals surface area contributed by atoms with Gasteiger partial charge in [-0.1, -0.05) is 36.4 Å². The van der Waals surface area contributed by atoms with Crippen molar-refractivity contribution in [3.63, 3.8) is 0 Å². The maximum atomic E-state index is 11.4. The Hall–Kier alpha value is -1.60. The quantitative estimate of drug-likeness (QED) is 0.582. The monoisotopic (exact) mass is 228 g/mol. The summed E-state index contributed by atoms with van der Waals surface area (Å²) in [7, 11) is 0. The van der Waals surface area contributed by atoms with Crippen molar-refractivity contribution in [3.05, 3.63) is 59.2 Å². The van der Waals surface area contributed by atoms with E-state index >= 15 is 0 Å². The fraction of sp³-hybridized carbons (Fsp3) is 0.0714. The minimum Gasteiger partial charge on any atom is -0.276 e. The van der Waals surface area contributed by atoms with Gasteiger partial charge in [0.15, 0.2) is 0 Å². The number of carbonyl (C=O) groups is 1. The smallest absolute Gasteiger partial charge is 0.253 e. The number of halogens is 1. The average Bonchev–Trinajstić information content (AvgIpc) is 2.66. The van der Waals surface area contributed by atoms with Gasteiger partial charge in [-0.05, 0) is 46.3 Å². The van der Waals surface area contributed by atoms with Crippen molar-refractivity contribution in [2.45, 2.75) is 6.42 Å². The van der Waals surface area contributed by atoms with Crippen LogP contribution in [0.25, 0.3) is 11.1 Å². The first-order chi connectivity index (χ1) is 7.77. The number of benzene rings is 2. The van der Waals surface area contributed by atoms with Crippen molar-refractivity contribution in [3.8, 4) is 11.1 Å². The zero-order chi connectivity index (χ0) is 11.1. The van der Waals surface area contributed by atoms with Crippen molar-refractivity contribution in [2.75, 3.05) is 0 Å². The first kappa shape index (κ1) is 9.61. The number of carbonyl (C=O) groups excluding carboxylic acids is 1. The molecule has 2 aromatic carbocycles. The molecular formula is C14H9ClO. The molecule has 0 bridgehead atoms. The summed E-state index contributed by atoms with van der Waals surface area (Å²) in [4.78, 5) is 11.4. The Labute approximate surface area is 98.7 Å². The first-order valence-electron chi connectivity index (χ1n) is 5.17. The first-order valence-corrected chi connectivity index (χ1v) is 5.55. The third-order valence-corrected chi connectivity index (χ3v) is 3.23. The van der Waals surface area contributed by atoms with Gasteiger partial charge in [0.25, 0.3) is 5.24 Å². The highest BCUT2D eigenvalue weighted by Crippen LogP contribution is 2.39. The van der Waals surface area contributed by atoms with Gasteiger partial charge in [-0.3, -0.25) is 4.79 Å². The molecule has 2 heteroatoms. The second kappa shape index (κ2) is 3.46. The molecule has 1 nitrogen and oxygen atoms in total. The van der Waals surface area contributed by atoms with E-state index in [1.54, 1.807) is 6.07 Å². The molecule has 1 aliphatic rings. The van der Waals surface area contributed by atoms with Crippen LogP contribution in [0, 0.1) is 0 Å². The molecule has 0 saturated heterocycles. The molecule has 78 valence electrons. The van der Waals surface area contributed by atoms with Crippen LogP contribution in [0.5, 0.6) is 0 Å². The minimum absolute atomic E-state index is 0.381. The Bertz CT molecular complexity index is 587. The average molecular weight is 229 g/mol. The summed E-state index contributed by atoms with van der Waals surface area (Å²) in [6.45, 7) is 0. The molecule has 2 aromatic rings. The van der Waals surface area contributed by atoms with Crippen LogP contribution < -0.4 is 0 Å². The maximum absolute atomic E-state index is 11.4. The lowest BCUT2D eigenvalue weighted by Gasteiger charge is -2.04. The van der Waals surface area contributed by atoms with Crippen molar-refractivity contribution >= 4 is 16.8 Å². The zero-order valence-electron chi connectivity index (χ0n) is 8.53. The largest absolute Gasteiger partial charge is 0.276 e. The summed E-state index contributed by atoms with van der Waals surface area (Å²) in [6, 6.07) is 13.9. The van der Waals surface area contributed by atoms with E-state index in [1.807, 2.05) is 24.3 Å². The van der Waals surface area contributed by atoms with Crippen LogP contribution in [-0.2, 0) is 6.42 Å². The predicted molar refractivity (Wildman–Crippen MR) is 64.9 cm³/mol. The van der Waals surface area contributed by atoms with Crippen LogP contribution in [0.15, 0.2) is 42.5 Å². The Balaban J connectivity index is 2.33. The predicted octanol–water partition coefficient (Wildman–Crippen LogP) is 3.64. The highest BCUT2D eigenvalue weighted by atomic mass is 35.5. The molecule has 0 N–H and O–H groups in total. The molecule has 0 unspecified atom stereocenters.